The molecule has 0 heterocycles. The Morgan fingerprint density at radius 1 is 1.11 bits per heavy atom. The van der Waals surface area contributed by atoms with Crippen molar-refractivity contribution in [3.05, 3.63) is 64.4 Å². The van der Waals surface area contributed by atoms with E-state index in [0.717, 1.165) is 5.56 Å². The van der Waals surface area contributed by atoms with Crippen molar-refractivity contribution in [2.75, 3.05) is 0 Å². The summed E-state index contributed by atoms with van der Waals surface area (Å²) in [5.74, 6) is 0.679. The number of rotatable bonds is 4. The molecular weight excluding hydrogens is 274 g/mol. The highest BCUT2D eigenvalue weighted by Crippen LogP contribution is 2.22. The van der Waals surface area contributed by atoms with Crippen LogP contribution in [0.4, 0.5) is 4.39 Å². The number of ether oxygens (including phenoxy) is 1. The molecule has 2 rings (SSSR count). The standard InChI is InChI=1S/C14H11Cl2FO/c15-8-10-3-1-5-12(7-10)18-9-11-4-2-6-13(17)14(11)16/h1-7H,8-9H2. The van der Waals surface area contributed by atoms with Gasteiger partial charge in [-0.2, -0.15) is 0 Å². The number of benzene rings is 2. The lowest BCUT2D eigenvalue weighted by molar-refractivity contribution is 0.305. The summed E-state index contributed by atoms with van der Waals surface area (Å²) >= 11 is 11.6. The first-order valence-electron chi connectivity index (χ1n) is 5.41. The fraction of sp³-hybridized carbons (Fsp3) is 0.143. The molecule has 94 valence electrons. The summed E-state index contributed by atoms with van der Waals surface area (Å²) in [4.78, 5) is 0. The molecule has 0 fully saturated rings. The first-order chi connectivity index (χ1) is 8.70. The van der Waals surface area contributed by atoms with Crippen LogP contribution < -0.4 is 4.74 Å². The Bertz CT molecular complexity index is 543. The molecule has 0 saturated heterocycles. The van der Waals surface area contributed by atoms with Crippen LogP contribution >= 0.6 is 23.2 Å². The van der Waals surface area contributed by atoms with Crippen LogP contribution in [0.1, 0.15) is 11.1 Å². The number of hydrogen-bond donors (Lipinski definition) is 0. The average molecular weight is 285 g/mol. The van der Waals surface area contributed by atoms with Gasteiger partial charge in [-0.25, -0.2) is 4.39 Å². The van der Waals surface area contributed by atoms with E-state index in [1.165, 1.54) is 6.07 Å². The molecule has 0 bridgehead atoms. The van der Waals surface area contributed by atoms with Gasteiger partial charge in [0.05, 0.1) is 5.02 Å². The Hall–Kier alpha value is -1.25. The van der Waals surface area contributed by atoms with Crippen molar-refractivity contribution in [3.8, 4) is 5.75 Å². The maximum Gasteiger partial charge on any atom is 0.142 e. The van der Waals surface area contributed by atoms with Crippen molar-refractivity contribution in [2.24, 2.45) is 0 Å². The lowest BCUT2D eigenvalue weighted by Gasteiger charge is -2.09. The normalized spacial score (nSPS) is 10.4. The lowest BCUT2D eigenvalue weighted by Crippen LogP contribution is -1.97. The zero-order valence-corrected chi connectivity index (χ0v) is 11.0. The second-order valence-corrected chi connectivity index (χ2v) is 4.43. The first-order valence-corrected chi connectivity index (χ1v) is 6.32. The fourth-order valence-electron chi connectivity index (χ4n) is 1.54. The van der Waals surface area contributed by atoms with Crippen molar-refractivity contribution in [2.45, 2.75) is 12.5 Å². The molecule has 0 spiro atoms. The summed E-state index contributed by atoms with van der Waals surface area (Å²) < 4.78 is 18.8. The molecule has 4 heteroatoms. The molecule has 0 amide bonds. The minimum atomic E-state index is -0.438. The van der Waals surface area contributed by atoms with E-state index in [2.05, 4.69) is 0 Å². The summed E-state index contributed by atoms with van der Waals surface area (Å²) in [7, 11) is 0. The van der Waals surface area contributed by atoms with Gasteiger partial charge >= 0.3 is 0 Å². The highest BCUT2D eigenvalue weighted by atomic mass is 35.5. The minimum Gasteiger partial charge on any atom is -0.489 e. The number of hydrogen-bond acceptors (Lipinski definition) is 1. The van der Waals surface area contributed by atoms with Crippen molar-refractivity contribution in [1.82, 2.24) is 0 Å². The van der Waals surface area contributed by atoms with Crippen LogP contribution in [0.15, 0.2) is 42.5 Å². The smallest absolute Gasteiger partial charge is 0.142 e. The zero-order chi connectivity index (χ0) is 13.0. The topological polar surface area (TPSA) is 9.23 Å². The molecule has 0 aromatic heterocycles. The van der Waals surface area contributed by atoms with Gasteiger partial charge in [0, 0.05) is 11.4 Å². The molecule has 0 unspecified atom stereocenters. The number of alkyl halides is 1. The van der Waals surface area contributed by atoms with Crippen LogP contribution in [0.2, 0.25) is 5.02 Å². The third kappa shape index (κ3) is 3.15. The Morgan fingerprint density at radius 2 is 1.89 bits per heavy atom. The second kappa shape index (κ2) is 6.07. The maximum atomic E-state index is 13.2. The van der Waals surface area contributed by atoms with Crippen molar-refractivity contribution in [3.63, 3.8) is 0 Å². The van der Waals surface area contributed by atoms with E-state index in [0.29, 0.717) is 17.2 Å². The minimum absolute atomic E-state index is 0.103. The van der Waals surface area contributed by atoms with E-state index in [-0.39, 0.29) is 11.6 Å². The molecule has 2 aromatic carbocycles. The van der Waals surface area contributed by atoms with E-state index < -0.39 is 5.82 Å². The van der Waals surface area contributed by atoms with Gasteiger partial charge in [-0.1, -0.05) is 35.9 Å². The van der Waals surface area contributed by atoms with Gasteiger partial charge in [0.1, 0.15) is 18.2 Å². The molecule has 0 saturated carbocycles. The van der Waals surface area contributed by atoms with Crippen LogP contribution in [-0.2, 0) is 12.5 Å². The summed E-state index contributed by atoms with van der Waals surface area (Å²) in [6.07, 6.45) is 0. The van der Waals surface area contributed by atoms with E-state index in [1.54, 1.807) is 12.1 Å². The highest BCUT2D eigenvalue weighted by Gasteiger charge is 2.06. The molecule has 0 aliphatic carbocycles. The number of halogens is 3. The van der Waals surface area contributed by atoms with Gasteiger partial charge in [0.15, 0.2) is 0 Å². The van der Waals surface area contributed by atoms with Gasteiger partial charge in [0.2, 0.25) is 0 Å². The van der Waals surface area contributed by atoms with Crippen molar-refractivity contribution < 1.29 is 9.13 Å². The van der Waals surface area contributed by atoms with E-state index in [9.17, 15) is 4.39 Å². The zero-order valence-electron chi connectivity index (χ0n) is 9.50. The predicted molar refractivity (Wildman–Crippen MR) is 71.7 cm³/mol. The predicted octanol–water partition coefficient (Wildman–Crippen LogP) is 4.80. The SMILES string of the molecule is Fc1cccc(COc2cccc(CCl)c2)c1Cl. The van der Waals surface area contributed by atoms with Crippen LogP contribution in [0, 0.1) is 5.82 Å². The average Bonchev–Trinajstić information content (AvgIpc) is 2.41. The Morgan fingerprint density at radius 3 is 2.67 bits per heavy atom. The van der Waals surface area contributed by atoms with E-state index in [4.69, 9.17) is 27.9 Å². The maximum absolute atomic E-state index is 13.2. The van der Waals surface area contributed by atoms with Crippen LogP contribution in [0.25, 0.3) is 0 Å². The van der Waals surface area contributed by atoms with Gasteiger partial charge in [-0.15, -0.1) is 11.6 Å². The first kappa shape index (κ1) is 13.2. The molecule has 0 atom stereocenters. The molecule has 0 radical (unpaired) electrons. The largest absolute Gasteiger partial charge is 0.489 e. The van der Waals surface area contributed by atoms with Crippen LogP contribution in [-0.4, -0.2) is 0 Å². The summed E-state index contributed by atoms with van der Waals surface area (Å²) in [5.41, 5.74) is 1.59. The van der Waals surface area contributed by atoms with Crippen molar-refractivity contribution in [1.29, 1.82) is 0 Å². The van der Waals surface area contributed by atoms with Gasteiger partial charge < -0.3 is 4.74 Å². The molecule has 0 aliphatic heterocycles. The monoisotopic (exact) mass is 284 g/mol. The Labute approximate surface area is 115 Å². The summed E-state index contributed by atoms with van der Waals surface area (Å²) in [6.45, 7) is 0.225. The van der Waals surface area contributed by atoms with Gasteiger partial charge in [-0.3, -0.25) is 0 Å². The molecule has 1 nitrogen and oxygen atoms in total. The molecular formula is C14H11Cl2FO. The van der Waals surface area contributed by atoms with Crippen molar-refractivity contribution >= 4 is 23.2 Å². The Balaban J connectivity index is 2.09. The molecule has 18 heavy (non-hydrogen) atoms. The quantitative estimate of drug-likeness (QED) is 0.733. The Kier molecular flexibility index (Phi) is 4.45. The lowest BCUT2D eigenvalue weighted by atomic mass is 10.2. The summed E-state index contributed by atoms with van der Waals surface area (Å²) in [6, 6.07) is 12.1. The third-order valence-electron chi connectivity index (χ3n) is 2.48. The molecule has 0 N–H and O–H groups in total. The molecule has 0 aliphatic rings. The summed E-state index contributed by atoms with van der Waals surface area (Å²) in [5, 5.41) is 0.103. The third-order valence-corrected chi connectivity index (χ3v) is 3.21. The second-order valence-electron chi connectivity index (χ2n) is 3.78. The van der Waals surface area contributed by atoms with Gasteiger partial charge in [0.25, 0.3) is 0 Å². The van der Waals surface area contributed by atoms with Crippen LogP contribution in [0.3, 0.4) is 0 Å². The van der Waals surface area contributed by atoms with E-state index >= 15 is 0 Å². The molecule has 2 aromatic rings. The fourth-order valence-corrected chi connectivity index (χ4v) is 1.89. The van der Waals surface area contributed by atoms with E-state index in [1.807, 2.05) is 24.3 Å². The van der Waals surface area contributed by atoms with Crippen LogP contribution in [0.5, 0.6) is 5.75 Å². The highest BCUT2D eigenvalue weighted by molar-refractivity contribution is 6.31. The van der Waals surface area contributed by atoms with Gasteiger partial charge in [-0.05, 0) is 23.8 Å².